The van der Waals surface area contributed by atoms with E-state index >= 15 is 0 Å². The van der Waals surface area contributed by atoms with Crippen LogP contribution in [-0.2, 0) is 6.54 Å². The van der Waals surface area contributed by atoms with E-state index in [1.165, 1.54) is 23.5 Å². The van der Waals surface area contributed by atoms with Crippen molar-refractivity contribution in [2.75, 3.05) is 0 Å². The molecule has 2 aromatic heterocycles. The Morgan fingerprint density at radius 3 is 3.00 bits per heavy atom. The maximum absolute atomic E-state index is 13.0. The first kappa shape index (κ1) is 10.4. The van der Waals surface area contributed by atoms with Gasteiger partial charge in [0.05, 0.1) is 0 Å². The largest absolute Gasteiger partial charge is 0.435 e. The first-order chi connectivity index (χ1) is 8.26. The van der Waals surface area contributed by atoms with Crippen LogP contribution in [0.2, 0.25) is 0 Å². The molecule has 0 aliphatic rings. The summed E-state index contributed by atoms with van der Waals surface area (Å²) >= 11 is 1.45. The number of hydrogen-bond acceptors (Lipinski definition) is 5. The standard InChI is InChI=1S/C11H8FN3OS/c12-6-1-2-9-7(3-6)15-11(16-9)8-5-17-10(4-13)14-8/h1-3,5H,4,13H2. The molecule has 0 fully saturated rings. The van der Waals surface area contributed by atoms with E-state index in [9.17, 15) is 4.39 Å². The Kier molecular flexibility index (Phi) is 2.38. The summed E-state index contributed by atoms with van der Waals surface area (Å²) in [4.78, 5) is 8.45. The van der Waals surface area contributed by atoms with E-state index < -0.39 is 0 Å². The van der Waals surface area contributed by atoms with Crippen LogP contribution in [0.25, 0.3) is 22.7 Å². The molecular weight excluding hydrogens is 241 g/mol. The van der Waals surface area contributed by atoms with E-state index in [1.807, 2.05) is 5.38 Å². The molecule has 17 heavy (non-hydrogen) atoms. The van der Waals surface area contributed by atoms with Crippen molar-refractivity contribution in [2.24, 2.45) is 5.73 Å². The van der Waals surface area contributed by atoms with Crippen LogP contribution in [0.1, 0.15) is 5.01 Å². The minimum atomic E-state index is -0.335. The summed E-state index contributed by atoms with van der Waals surface area (Å²) in [5.74, 6) is 0.0554. The van der Waals surface area contributed by atoms with Crippen LogP contribution in [0.5, 0.6) is 0 Å². The zero-order chi connectivity index (χ0) is 11.8. The summed E-state index contributed by atoms with van der Waals surface area (Å²) in [6, 6.07) is 4.22. The maximum atomic E-state index is 13.0. The minimum Gasteiger partial charge on any atom is -0.435 e. The third-order valence-corrected chi connectivity index (χ3v) is 3.17. The molecule has 6 heteroatoms. The zero-order valence-electron chi connectivity index (χ0n) is 8.68. The van der Waals surface area contributed by atoms with Gasteiger partial charge in [0.15, 0.2) is 5.58 Å². The summed E-state index contributed by atoms with van der Waals surface area (Å²) in [6.07, 6.45) is 0. The van der Waals surface area contributed by atoms with E-state index in [1.54, 1.807) is 6.07 Å². The fraction of sp³-hybridized carbons (Fsp3) is 0.0909. The highest BCUT2D eigenvalue weighted by molar-refractivity contribution is 7.09. The van der Waals surface area contributed by atoms with Crippen molar-refractivity contribution >= 4 is 22.4 Å². The Bertz CT molecular complexity index is 676. The Labute approximate surface area is 99.9 Å². The molecule has 1 aromatic carbocycles. The first-order valence-corrected chi connectivity index (χ1v) is 5.85. The van der Waals surface area contributed by atoms with Crippen molar-refractivity contribution in [3.63, 3.8) is 0 Å². The molecular formula is C11H8FN3OS. The lowest BCUT2D eigenvalue weighted by Crippen LogP contribution is -1.94. The molecule has 2 N–H and O–H groups in total. The summed E-state index contributed by atoms with van der Waals surface area (Å²) in [7, 11) is 0. The fourth-order valence-corrected chi connectivity index (χ4v) is 2.16. The molecule has 3 rings (SSSR count). The Hall–Kier alpha value is -1.79. The first-order valence-electron chi connectivity index (χ1n) is 4.97. The molecule has 0 saturated carbocycles. The summed E-state index contributed by atoms with van der Waals surface area (Å²) in [5, 5.41) is 2.64. The van der Waals surface area contributed by atoms with Gasteiger partial charge in [-0.2, -0.15) is 0 Å². The molecule has 0 spiro atoms. The van der Waals surface area contributed by atoms with E-state index in [2.05, 4.69) is 9.97 Å². The molecule has 0 bridgehead atoms. The summed E-state index contributed by atoms with van der Waals surface area (Å²) in [5.41, 5.74) is 7.15. The van der Waals surface area contributed by atoms with Crippen LogP contribution >= 0.6 is 11.3 Å². The quantitative estimate of drug-likeness (QED) is 0.758. The Morgan fingerprint density at radius 1 is 1.35 bits per heavy atom. The highest BCUT2D eigenvalue weighted by Crippen LogP contribution is 2.25. The molecule has 0 radical (unpaired) electrons. The van der Waals surface area contributed by atoms with Gasteiger partial charge in [0.25, 0.3) is 0 Å². The van der Waals surface area contributed by atoms with Crippen LogP contribution in [0.3, 0.4) is 0 Å². The fourth-order valence-electron chi connectivity index (χ4n) is 1.51. The van der Waals surface area contributed by atoms with Crippen LogP contribution in [0.15, 0.2) is 28.0 Å². The second kappa shape index (κ2) is 3.90. The van der Waals surface area contributed by atoms with E-state index in [4.69, 9.17) is 10.2 Å². The summed E-state index contributed by atoms with van der Waals surface area (Å²) < 4.78 is 18.5. The van der Waals surface area contributed by atoms with Crippen molar-refractivity contribution in [3.8, 4) is 11.6 Å². The molecule has 0 aliphatic heterocycles. The summed E-state index contributed by atoms with van der Waals surface area (Å²) in [6.45, 7) is 0.388. The monoisotopic (exact) mass is 249 g/mol. The average molecular weight is 249 g/mol. The Balaban J connectivity index is 2.11. The number of nitrogens with two attached hydrogens (primary N) is 1. The predicted molar refractivity (Wildman–Crippen MR) is 63.0 cm³/mol. The second-order valence-corrected chi connectivity index (χ2v) is 4.40. The topological polar surface area (TPSA) is 64.9 Å². The highest BCUT2D eigenvalue weighted by Gasteiger charge is 2.11. The number of aromatic nitrogens is 2. The lowest BCUT2D eigenvalue weighted by atomic mass is 10.3. The van der Waals surface area contributed by atoms with Gasteiger partial charge in [-0.1, -0.05) is 0 Å². The van der Waals surface area contributed by atoms with Gasteiger partial charge >= 0.3 is 0 Å². The van der Waals surface area contributed by atoms with Gasteiger partial charge < -0.3 is 10.2 Å². The van der Waals surface area contributed by atoms with Gasteiger partial charge in [-0.15, -0.1) is 11.3 Å². The van der Waals surface area contributed by atoms with Crippen molar-refractivity contribution in [1.29, 1.82) is 0 Å². The Morgan fingerprint density at radius 2 is 2.24 bits per heavy atom. The van der Waals surface area contributed by atoms with Crippen LogP contribution in [0, 0.1) is 5.82 Å². The molecule has 4 nitrogen and oxygen atoms in total. The van der Waals surface area contributed by atoms with Gasteiger partial charge in [-0.25, -0.2) is 14.4 Å². The highest BCUT2D eigenvalue weighted by atomic mass is 32.1. The molecule has 2 heterocycles. The van der Waals surface area contributed by atoms with Crippen LogP contribution < -0.4 is 5.73 Å². The van der Waals surface area contributed by atoms with Gasteiger partial charge in [-0.3, -0.25) is 0 Å². The molecule has 3 aromatic rings. The lowest BCUT2D eigenvalue weighted by Gasteiger charge is -1.86. The normalized spacial score (nSPS) is 11.2. The van der Waals surface area contributed by atoms with Gasteiger partial charge in [-0.05, 0) is 12.1 Å². The van der Waals surface area contributed by atoms with Gasteiger partial charge in [0.2, 0.25) is 5.89 Å². The number of fused-ring (bicyclic) bond motifs is 1. The molecule has 0 saturated heterocycles. The number of benzene rings is 1. The second-order valence-electron chi connectivity index (χ2n) is 3.46. The molecule has 0 unspecified atom stereocenters. The van der Waals surface area contributed by atoms with E-state index in [-0.39, 0.29) is 5.82 Å². The van der Waals surface area contributed by atoms with Gasteiger partial charge in [0.1, 0.15) is 22.0 Å². The zero-order valence-corrected chi connectivity index (χ0v) is 9.50. The third-order valence-electron chi connectivity index (χ3n) is 2.30. The number of rotatable bonds is 2. The number of halogens is 1. The molecule has 0 amide bonds. The third kappa shape index (κ3) is 1.81. The number of hydrogen-bond donors (Lipinski definition) is 1. The van der Waals surface area contributed by atoms with Crippen molar-refractivity contribution in [1.82, 2.24) is 9.97 Å². The minimum absolute atomic E-state index is 0.335. The van der Waals surface area contributed by atoms with Crippen molar-refractivity contribution in [2.45, 2.75) is 6.54 Å². The van der Waals surface area contributed by atoms with Crippen LogP contribution in [-0.4, -0.2) is 9.97 Å². The lowest BCUT2D eigenvalue weighted by molar-refractivity contribution is 0.612. The molecule has 0 aliphatic carbocycles. The smallest absolute Gasteiger partial charge is 0.247 e. The van der Waals surface area contributed by atoms with E-state index in [0.717, 1.165) is 5.01 Å². The van der Waals surface area contributed by atoms with Crippen molar-refractivity contribution in [3.05, 3.63) is 34.4 Å². The van der Waals surface area contributed by atoms with Gasteiger partial charge in [0, 0.05) is 18.0 Å². The maximum Gasteiger partial charge on any atom is 0.247 e. The average Bonchev–Trinajstić information content (AvgIpc) is 2.93. The predicted octanol–water partition coefficient (Wildman–Crippen LogP) is 2.55. The number of thiazole rings is 1. The number of nitrogens with zero attached hydrogens (tertiary/aromatic N) is 2. The van der Waals surface area contributed by atoms with Crippen molar-refractivity contribution < 1.29 is 8.81 Å². The SMILES string of the molecule is NCc1nc(-c2nc3cc(F)ccc3o2)cs1. The molecule has 0 atom stereocenters. The van der Waals surface area contributed by atoms with E-state index in [0.29, 0.717) is 29.2 Å². The van der Waals surface area contributed by atoms with Crippen LogP contribution in [0.4, 0.5) is 4.39 Å². The number of oxazole rings is 1. The molecule has 86 valence electrons.